The third-order valence-corrected chi connectivity index (χ3v) is 3.79. The van der Waals surface area contributed by atoms with Gasteiger partial charge in [0.15, 0.2) is 5.78 Å². The second-order valence-corrected chi connectivity index (χ2v) is 5.01. The molecule has 1 aromatic carbocycles. The average Bonchev–Trinajstić information content (AvgIpc) is 2.72. The molecular formula is C15H17ClN2O3. The molecule has 0 radical (unpaired) electrons. The van der Waals surface area contributed by atoms with Crippen molar-refractivity contribution in [2.45, 2.75) is 13.3 Å². The van der Waals surface area contributed by atoms with E-state index in [0.29, 0.717) is 33.5 Å². The molecule has 0 atom stereocenters. The molecule has 0 saturated heterocycles. The fourth-order valence-corrected chi connectivity index (χ4v) is 2.38. The molecule has 1 heterocycles. The van der Waals surface area contributed by atoms with E-state index in [2.05, 4.69) is 5.10 Å². The van der Waals surface area contributed by atoms with Crippen LogP contribution in [0.25, 0.3) is 0 Å². The van der Waals surface area contributed by atoms with Gasteiger partial charge in [-0.1, -0.05) is 11.6 Å². The molecular weight excluding hydrogens is 292 g/mol. The van der Waals surface area contributed by atoms with Gasteiger partial charge in [-0.15, -0.1) is 0 Å². The molecule has 6 heteroatoms. The standard InChI is InChI=1S/C15H17ClN2O3/c1-9-15(16)12(18(2)17-9)8-13(19)11-6-5-10(20-3)7-14(11)21-4/h5-7H,8H2,1-4H3. The number of rotatable bonds is 5. The second-order valence-electron chi connectivity index (χ2n) is 4.64. The van der Waals surface area contributed by atoms with Crippen molar-refractivity contribution < 1.29 is 14.3 Å². The molecule has 0 N–H and O–H groups in total. The second kappa shape index (κ2) is 6.18. The number of hydrogen-bond acceptors (Lipinski definition) is 4. The first-order valence-electron chi connectivity index (χ1n) is 6.41. The van der Waals surface area contributed by atoms with Crippen LogP contribution in [0.4, 0.5) is 0 Å². The van der Waals surface area contributed by atoms with Crippen molar-refractivity contribution in [1.82, 2.24) is 9.78 Å². The lowest BCUT2D eigenvalue weighted by atomic mass is 10.0. The van der Waals surface area contributed by atoms with E-state index in [9.17, 15) is 4.79 Å². The molecule has 2 aromatic rings. The van der Waals surface area contributed by atoms with Crippen LogP contribution in [0.1, 0.15) is 21.7 Å². The summed E-state index contributed by atoms with van der Waals surface area (Å²) in [5.74, 6) is 1.03. The van der Waals surface area contributed by atoms with Crippen LogP contribution >= 0.6 is 11.6 Å². The number of ether oxygens (including phenoxy) is 2. The van der Waals surface area contributed by atoms with Crippen molar-refractivity contribution in [3.05, 3.63) is 40.2 Å². The maximum Gasteiger partial charge on any atom is 0.172 e. The number of nitrogens with zero attached hydrogens (tertiary/aromatic N) is 2. The smallest absolute Gasteiger partial charge is 0.172 e. The van der Waals surface area contributed by atoms with E-state index in [-0.39, 0.29) is 12.2 Å². The van der Waals surface area contributed by atoms with Crippen molar-refractivity contribution in [1.29, 1.82) is 0 Å². The maximum atomic E-state index is 12.5. The number of hydrogen-bond donors (Lipinski definition) is 0. The first kappa shape index (κ1) is 15.4. The minimum absolute atomic E-state index is 0.0839. The normalized spacial score (nSPS) is 10.5. The summed E-state index contributed by atoms with van der Waals surface area (Å²) in [5.41, 5.74) is 1.90. The van der Waals surface area contributed by atoms with Gasteiger partial charge in [0.2, 0.25) is 0 Å². The largest absolute Gasteiger partial charge is 0.497 e. The van der Waals surface area contributed by atoms with Crippen molar-refractivity contribution in [2.75, 3.05) is 14.2 Å². The van der Waals surface area contributed by atoms with E-state index in [0.717, 1.165) is 0 Å². The van der Waals surface area contributed by atoms with Crippen molar-refractivity contribution in [3.63, 3.8) is 0 Å². The molecule has 1 aromatic heterocycles. The molecule has 0 bridgehead atoms. The zero-order valence-corrected chi connectivity index (χ0v) is 13.2. The maximum absolute atomic E-state index is 12.5. The molecule has 0 aliphatic heterocycles. The number of halogens is 1. The molecule has 2 rings (SSSR count). The van der Waals surface area contributed by atoms with Gasteiger partial charge < -0.3 is 9.47 Å². The summed E-state index contributed by atoms with van der Waals surface area (Å²) in [7, 11) is 4.86. The highest BCUT2D eigenvalue weighted by molar-refractivity contribution is 6.32. The fourth-order valence-electron chi connectivity index (χ4n) is 2.15. The van der Waals surface area contributed by atoms with Gasteiger partial charge in [0.1, 0.15) is 11.5 Å². The SMILES string of the molecule is COc1ccc(C(=O)Cc2c(Cl)c(C)nn2C)c(OC)c1. The number of benzene rings is 1. The Morgan fingerprint density at radius 1 is 1.33 bits per heavy atom. The zero-order valence-electron chi connectivity index (χ0n) is 12.4. The summed E-state index contributed by atoms with van der Waals surface area (Å²) in [6, 6.07) is 5.10. The zero-order chi connectivity index (χ0) is 15.6. The molecule has 0 fully saturated rings. The Labute approximate surface area is 128 Å². The molecule has 0 amide bonds. The average molecular weight is 309 g/mol. The van der Waals surface area contributed by atoms with Crippen LogP contribution in [0.2, 0.25) is 5.02 Å². The molecule has 112 valence electrons. The minimum atomic E-state index is -0.0839. The van der Waals surface area contributed by atoms with Crippen LogP contribution in [0.3, 0.4) is 0 Å². The third-order valence-electron chi connectivity index (χ3n) is 3.30. The summed E-state index contributed by atoms with van der Waals surface area (Å²) in [6.45, 7) is 1.81. The topological polar surface area (TPSA) is 53.3 Å². The number of carbonyl (C=O) groups is 1. The van der Waals surface area contributed by atoms with E-state index in [4.69, 9.17) is 21.1 Å². The summed E-state index contributed by atoms with van der Waals surface area (Å²) < 4.78 is 12.0. The van der Waals surface area contributed by atoms with Crippen LogP contribution in [-0.4, -0.2) is 29.8 Å². The van der Waals surface area contributed by atoms with Gasteiger partial charge in [0, 0.05) is 13.1 Å². The van der Waals surface area contributed by atoms with E-state index < -0.39 is 0 Å². The van der Waals surface area contributed by atoms with E-state index in [1.165, 1.54) is 7.11 Å². The number of aryl methyl sites for hydroxylation is 2. The van der Waals surface area contributed by atoms with Crippen molar-refractivity contribution in [2.24, 2.45) is 7.05 Å². The predicted octanol–water partition coefficient (Wildman–Crippen LogP) is 2.82. The van der Waals surface area contributed by atoms with E-state index >= 15 is 0 Å². The number of ketones is 1. The Hall–Kier alpha value is -2.01. The third kappa shape index (κ3) is 3.03. The molecule has 5 nitrogen and oxygen atoms in total. The van der Waals surface area contributed by atoms with Gasteiger partial charge in [-0.05, 0) is 19.1 Å². The first-order chi connectivity index (χ1) is 9.97. The molecule has 21 heavy (non-hydrogen) atoms. The molecule has 0 spiro atoms. The van der Waals surface area contributed by atoms with Gasteiger partial charge in [-0.2, -0.15) is 5.10 Å². The lowest BCUT2D eigenvalue weighted by molar-refractivity contribution is 0.0988. The van der Waals surface area contributed by atoms with E-state index in [1.54, 1.807) is 37.0 Å². The number of carbonyl (C=O) groups excluding carboxylic acids is 1. The quantitative estimate of drug-likeness (QED) is 0.797. The first-order valence-corrected chi connectivity index (χ1v) is 6.79. The fraction of sp³-hybridized carbons (Fsp3) is 0.333. The predicted molar refractivity (Wildman–Crippen MR) is 80.5 cm³/mol. The van der Waals surface area contributed by atoms with Crippen LogP contribution in [-0.2, 0) is 13.5 Å². The lowest BCUT2D eigenvalue weighted by Crippen LogP contribution is -2.09. The van der Waals surface area contributed by atoms with Crippen LogP contribution in [0.15, 0.2) is 18.2 Å². The highest BCUT2D eigenvalue weighted by Gasteiger charge is 2.19. The molecule has 0 unspecified atom stereocenters. The van der Waals surface area contributed by atoms with Crippen molar-refractivity contribution in [3.8, 4) is 11.5 Å². The lowest BCUT2D eigenvalue weighted by Gasteiger charge is -2.10. The Morgan fingerprint density at radius 2 is 2.05 bits per heavy atom. The van der Waals surface area contributed by atoms with Gasteiger partial charge in [0.05, 0.1) is 42.6 Å². The van der Waals surface area contributed by atoms with Crippen LogP contribution < -0.4 is 9.47 Å². The molecule has 0 aliphatic carbocycles. The summed E-state index contributed by atoms with van der Waals surface area (Å²) in [6.07, 6.45) is 0.166. The monoisotopic (exact) mass is 308 g/mol. The highest BCUT2D eigenvalue weighted by atomic mass is 35.5. The van der Waals surface area contributed by atoms with Crippen LogP contribution in [0.5, 0.6) is 11.5 Å². The van der Waals surface area contributed by atoms with Gasteiger partial charge in [-0.3, -0.25) is 9.48 Å². The Morgan fingerprint density at radius 3 is 2.57 bits per heavy atom. The number of aromatic nitrogens is 2. The van der Waals surface area contributed by atoms with Gasteiger partial charge in [-0.25, -0.2) is 0 Å². The van der Waals surface area contributed by atoms with Crippen molar-refractivity contribution >= 4 is 17.4 Å². The summed E-state index contributed by atoms with van der Waals surface area (Å²) in [5, 5.41) is 4.73. The van der Waals surface area contributed by atoms with Crippen LogP contribution in [0, 0.1) is 6.92 Å². The van der Waals surface area contributed by atoms with E-state index in [1.807, 2.05) is 6.92 Å². The Bertz CT molecular complexity index is 680. The minimum Gasteiger partial charge on any atom is -0.497 e. The number of methoxy groups -OCH3 is 2. The Balaban J connectivity index is 2.32. The summed E-state index contributed by atoms with van der Waals surface area (Å²) >= 11 is 6.18. The molecule has 0 aliphatic rings. The molecule has 0 saturated carbocycles. The van der Waals surface area contributed by atoms with Gasteiger partial charge >= 0.3 is 0 Å². The highest BCUT2D eigenvalue weighted by Crippen LogP contribution is 2.27. The Kier molecular flexibility index (Phi) is 4.53. The summed E-state index contributed by atoms with van der Waals surface area (Å²) in [4.78, 5) is 12.5. The number of Topliss-reactive ketones (excluding diaryl/α,β-unsaturated/α-hetero) is 1. The van der Waals surface area contributed by atoms with Gasteiger partial charge in [0.25, 0.3) is 0 Å².